The summed E-state index contributed by atoms with van der Waals surface area (Å²) in [6, 6.07) is 9.86. The highest BCUT2D eigenvalue weighted by Gasteiger charge is 2.19. The maximum Gasteiger partial charge on any atom is 0.228 e. The van der Waals surface area contributed by atoms with E-state index in [9.17, 15) is 4.79 Å². The lowest BCUT2D eigenvalue weighted by molar-refractivity contribution is -0.118. The summed E-state index contributed by atoms with van der Waals surface area (Å²) in [6.45, 7) is 8.38. The number of ether oxygens (including phenoxy) is 1. The van der Waals surface area contributed by atoms with Crippen LogP contribution in [0, 0.1) is 5.92 Å². The molecule has 0 radical (unpaired) electrons. The van der Waals surface area contributed by atoms with Crippen molar-refractivity contribution in [3.8, 4) is 5.75 Å². The van der Waals surface area contributed by atoms with Crippen LogP contribution in [-0.4, -0.2) is 22.7 Å². The van der Waals surface area contributed by atoms with Crippen molar-refractivity contribution in [3.63, 3.8) is 0 Å². The minimum absolute atomic E-state index is 0.0500. The molecule has 1 aromatic carbocycles. The van der Waals surface area contributed by atoms with Gasteiger partial charge in [-0.2, -0.15) is 0 Å². The molecule has 0 bridgehead atoms. The van der Waals surface area contributed by atoms with Gasteiger partial charge < -0.3 is 10.1 Å². The molecule has 0 unspecified atom stereocenters. The van der Waals surface area contributed by atoms with E-state index >= 15 is 0 Å². The predicted octanol–water partition coefficient (Wildman–Crippen LogP) is 3.81. The second-order valence-corrected chi connectivity index (χ2v) is 6.72. The number of nitrogens with one attached hydrogen (secondary N) is 1. The van der Waals surface area contributed by atoms with E-state index in [4.69, 9.17) is 4.74 Å². The molecular formula is C20H23N3O2. The van der Waals surface area contributed by atoms with Crippen LogP contribution in [0.2, 0.25) is 0 Å². The van der Waals surface area contributed by atoms with Crippen LogP contribution in [0.25, 0.3) is 0 Å². The van der Waals surface area contributed by atoms with Crippen molar-refractivity contribution in [2.75, 3.05) is 5.32 Å². The molecule has 5 heteroatoms. The summed E-state index contributed by atoms with van der Waals surface area (Å²) in [7, 11) is 0. The van der Waals surface area contributed by atoms with E-state index in [0.29, 0.717) is 12.4 Å². The van der Waals surface area contributed by atoms with Gasteiger partial charge in [-0.05, 0) is 43.7 Å². The molecule has 0 saturated carbocycles. The van der Waals surface area contributed by atoms with E-state index in [-0.39, 0.29) is 17.9 Å². The lowest BCUT2D eigenvalue weighted by Crippen LogP contribution is -2.18. The number of hydrogen-bond acceptors (Lipinski definition) is 4. The van der Waals surface area contributed by atoms with Gasteiger partial charge in [0.15, 0.2) is 0 Å². The van der Waals surface area contributed by atoms with Crippen LogP contribution in [-0.2, 0) is 11.3 Å². The number of hydrogen-bond donors (Lipinski definition) is 1. The zero-order valence-corrected chi connectivity index (χ0v) is 15.0. The van der Waals surface area contributed by atoms with Gasteiger partial charge in [-0.1, -0.05) is 19.9 Å². The molecule has 2 heterocycles. The van der Waals surface area contributed by atoms with Gasteiger partial charge in [0.25, 0.3) is 0 Å². The first-order chi connectivity index (χ1) is 11.9. The Labute approximate surface area is 148 Å². The maximum absolute atomic E-state index is 11.9. The largest absolute Gasteiger partial charge is 0.491 e. The van der Waals surface area contributed by atoms with E-state index < -0.39 is 0 Å². The van der Waals surface area contributed by atoms with Crippen molar-refractivity contribution < 1.29 is 9.53 Å². The summed E-state index contributed by atoms with van der Waals surface area (Å²) < 4.78 is 5.80. The topological polar surface area (TPSA) is 63.6 Å². The van der Waals surface area contributed by atoms with Crippen molar-refractivity contribution in [1.29, 1.82) is 0 Å². The third-order valence-electron chi connectivity index (χ3n) is 3.92. The maximum atomic E-state index is 11.9. The highest BCUT2D eigenvalue weighted by atomic mass is 16.5. The number of aromatic nitrogens is 1. The van der Waals surface area contributed by atoms with Crippen molar-refractivity contribution in [2.24, 2.45) is 10.9 Å². The molecule has 1 aliphatic heterocycles. The fourth-order valence-electron chi connectivity index (χ4n) is 2.67. The Morgan fingerprint density at radius 2 is 1.96 bits per heavy atom. The first-order valence-electron chi connectivity index (χ1n) is 8.55. The number of fused-ring (bicyclic) bond motifs is 1. The van der Waals surface area contributed by atoms with Crippen molar-refractivity contribution in [2.45, 2.75) is 40.3 Å². The van der Waals surface area contributed by atoms with Crippen molar-refractivity contribution >= 4 is 17.4 Å². The summed E-state index contributed by atoms with van der Waals surface area (Å²) in [5, 5.41) is 2.84. The summed E-state index contributed by atoms with van der Waals surface area (Å²) in [4.78, 5) is 20.8. The highest BCUT2D eigenvalue weighted by Crippen LogP contribution is 2.28. The second-order valence-electron chi connectivity index (χ2n) is 6.72. The number of carbonyl (C=O) groups is 1. The molecule has 1 aromatic heterocycles. The smallest absolute Gasteiger partial charge is 0.228 e. The van der Waals surface area contributed by atoms with E-state index in [1.165, 1.54) is 5.56 Å². The van der Waals surface area contributed by atoms with E-state index in [1.807, 2.05) is 52.0 Å². The van der Waals surface area contributed by atoms with Gasteiger partial charge in [-0.25, -0.2) is 4.98 Å². The number of aliphatic imine (C=N–C) groups is 1. The number of nitrogens with zero attached hydrogens (tertiary/aromatic N) is 2. The van der Waals surface area contributed by atoms with E-state index in [1.54, 1.807) is 6.20 Å². The Hall–Kier alpha value is -2.69. The molecule has 0 atom stereocenters. The van der Waals surface area contributed by atoms with Crippen LogP contribution in [0.4, 0.5) is 5.82 Å². The molecule has 1 amide bonds. The lowest BCUT2D eigenvalue weighted by atomic mass is 10.0. The Morgan fingerprint density at radius 3 is 2.68 bits per heavy atom. The number of amides is 1. The minimum atomic E-state index is -0.0919. The first-order valence-corrected chi connectivity index (χ1v) is 8.55. The van der Waals surface area contributed by atoms with Crippen LogP contribution in [0.3, 0.4) is 0 Å². The normalized spacial score (nSPS) is 13.0. The molecule has 25 heavy (non-hydrogen) atoms. The standard InChI is InChI=1S/C20H23N3O2/c1-12(2)20(24)23-18-9-14(7-8-21-18)19-17-10-16(25-13(3)4)6-5-15(17)11-22-19/h5-10,12-13H,11H2,1-4H3,(H,21,23,24). The predicted molar refractivity (Wildman–Crippen MR) is 99.3 cm³/mol. The SMILES string of the molecule is CC(C)Oc1ccc2c(c1)C(c1ccnc(NC(=O)C(C)C)c1)=NC2. The quantitative estimate of drug-likeness (QED) is 0.902. The molecule has 3 rings (SSSR count). The summed E-state index contributed by atoms with van der Waals surface area (Å²) in [5.41, 5.74) is 4.10. The van der Waals surface area contributed by atoms with Gasteiger partial charge in [0.2, 0.25) is 5.91 Å². The molecule has 1 N–H and O–H groups in total. The van der Waals surface area contributed by atoms with Crippen LogP contribution in [0.1, 0.15) is 44.4 Å². The number of benzene rings is 1. The van der Waals surface area contributed by atoms with Gasteiger partial charge in [-0.15, -0.1) is 0 Å². The van der Waals surface area contributed by atoms with Gasteiger partial charge in [0.05, 0.1) is 18.4 Å². The van der Waals surface area contributed by atoms with Crippen LogP contribution in [0.15, 0.2) is 41.5 Å². The number of anilines is 1. The Kier molecular flexibility index (Phi) is 4.83. The fourth-order valence-corrected chi connectivity index (χ4v) is 2.67. The second kappa shape index (κ2) is 7.05. The summed E-state index contributed by atoms with van der Waals surface area (Å²) in [6.07, 6.45) is 1.82. The third kappa shape index (κ3) is 3.87. The molecule has 5 nitrogen and oxygen atoms in total. The fraction of sp³-hybridized carbons (Fsp3) is 0.350. The van der Waals surface area contributed by atoms with E-state index in [0.717, 1.165) is 22.6 Å². The zero-order chi connectivity index (χ0) is 18.0. The molecule has 2 aromatic rings. The first kappa shape index (κ1) is 17.1. The van der Waals surface area contributed by atoms with E-state index in [2.05, 4.69) is 21.4 Å². The minimum Gasteiger partial charge on any atom is -0.491 e. The molecule has 0 aliphatic carbocycles. The molecule has 0 spiro atoms. The highest BCUT2D eigenvalue weighted by molar-refractivity contribution is 6.15. The van der Waals surface area contributed by atoms with Gasteiger partial charge in [0.1, 0.15) is 11.6 Å². The molecular weight excluding hydrogens is 314 g/mol. The number of carbonyl (C=O) groups excluding carboxylic acids is 1. The Bertz CT molecular complexity index is 825. The van der Waals surface area contributed by atoms with Gasteiger partial charge in [0, 0.05) is 23.2 Å². The van der Waals surface area contributed by atoms with Crippen molar-refractivity contribution in [1.82, 2.24) is 4.98 Å². The average molecular weight is 337 g/mol. The van der Waals surface area contributed by atoms with Crippen LogP contribution in [0.5, 0.6) is 5.75 Å². The van der Waals surface area contributed by atoms with Crippen LogP contribution < -0.4 is 10.1 Å². The molecule has 1 aliphatic rings. The molecule has 0 saturated heterocycles. The number of pyridine rings is 1. The van der Waals surface area contributed by atoms with Crippen LogP contribution >= 0.6 is 0 Å². The summed E-state index contributed by atoms with van der Waals surface area (Å²) >= 11 is 0. The number of rotatable bonds is 5. The zero-order valence-electron chi connectivity index (χ0n) is 15.0. The Balaban J connectivity index is 1.89. The average Bonchev–Trinajstić information content (AvgIpc) is 2.97. The molecule has 0 fully saturated rings. The lowest BCUT2D eigenvalue weighted by Gasteiger charge is -2.12. The summed E-state index contributed by atoms with van der Waals surface area (Å²) in [5.74, 6) is 1.24. The van der Waals surface area contributed by atoms with Gasteiger partial charge in [-0.3, -0.25) is 9.79 Å². The van der Waals surface area contributed by atoms with Gasteiger partial charge >= 0.3 is 0 Å². The molecule has 130 valence electrons. The van der Waals surface area contributed by atoms with Crippen molar-refractivity contribution in [3.05, 3.63) is 53.2 Å². The monoisotopic (exact) mass is 337 g/mol. The Morgan fingerprint density at radius 1 is 1.16 bits per heavy atom. The third-order valence-corrected chi connectivity index (χ3v) is 3.92.